The molecule has 1 aromatic carbocycles. The van der Waals surface area contributed by atoms with Crippen molar-refractivity contribution in [2.45, 2.75) is 51.1 Å². The second-order valence-electron chi connectivity index (χ2n) is 8.52. The Morgan fingerprint density at radius 2 is 1.93 bits per heavy atom. The third-order valence-corrected chi connectivity index (χ3v) is 6.67. The predicted octanol–water partition coefficient (Wildman–Crippen LogP) is 3.77. The van der Waals surface area contributed by atoms with Gasteiger partial charge in [-0.15, -0.1) is 0 Å². The van der Waals surface area contributed by atoms with Gasteiger partial charge in [0.15, 0.2) is 0 Å². The van der Waals surface area contributed by atoms with Crippen LogP contribution in [0, 0.1) is 23.5 Å². The summed E-state index contributed by atoms with van der Waals surface area (Å²) in [4.78, 5) is 17.1. The summed E-state index contributed by atoms with van der Waals surface area (Å²) in [6, 6.07) is 4.40. The third-order valence-electron chi connectivity index (χ3n) is 6.67. The number of nitrogens with zero attached hydrogens (tertiary/aromatic N) is 2. The highest BCUT2D eigenvalue weighted by molar-refractivity contribution is 5.76. The fraction of sp³-hybridized carbons (Fsp3) is 0.682. The monoisotopic (exact) mass is 392 g/mol. The van der Waals surface area contributed by atoms with Crippen LogP contribution in [-0.4, -0.2) is 54.6 Å². The first-order valence-electron chi connectivity index (χ1n) is 10.6. The van der Waals surface area contributed by atoms with Crippen LogP contribution in [0.3, 0.4) is 0 Å². The van der Waals surface area contributed by atoms with E-state index in [1.54, 1.807) is 0 Å². The van der Waals surface area contributed by atoms with Gasteiger partial charge in [0.2, 0.25) is 5.91 Å². The van der Waals surface area contributed by atoms with Gasteiger partial charge < -0.3 is 9.64 Å². The second-order valence-corrected chi connectivity index (χ2v) is 8.52. The van der Waals surface area contributed by atoms with E-state index in [-0.39, 0.29) is 11.9 Å². The number of hydrogen-bond donors (Lipinski definition) is 0. The number of halogens is 2. The van der Waals surface area contributed by atoms with E-state index in [0.29, 0.717) is 37.5 Å². The lowest BCUT2D eigenvalue weighted by molar-refractivity contribution is -0.140. The van der Waals surface area contributed by atoms with Gasteiger partial charge in [-0.05, 0) is 62.1 Å². The summed E-state index contributed by atoms with van der Waals surface area (Å²) in [7, 11) is 0. The Labute approximate surface area is 165 Å². The summed E-state index contributed by atoms with van der Waals surface area (Å²) in [6.45, 7) is 5.55. The lowest BCUT2D eigenvalue weighted by atomic mass is 9.74. The first-order valence-corrected chi connectivity index (χ1v) is 10.6. The van der Waals surface area contributed by atoms with E-state index in [0.717, 1.165) is 56.9 Å². The average Bonchev–Trinajstić information content (AvgIpc) is 2.66. The van der Waals surface area contributed by atoms with Crippen LogP contribution in [0.15, 0.2) is 18.2 Å². The normalized spacial score (nSPS) is 30.2. The molecule has 0 aliphatic carbocycles. The van der Waals surface area contributed by atoms with Gasteiger partial charge in [-0.2, -0.15) is 0 Å². The molecule has 0 radical (unpaired) electrons. The molecule has 0 spiro atoms. The van der Waals surface area contributed by atoms with E-state index < -0.39 is 11.6 Å². The Bertz CT molecular complexity index is 694. The van der Waals surface area contributed by atoms with Gasteiger partial charge in [-0.25, -0.2) is 8.78 Å². The van der Waals surface area contributed by atoms with Crippen LogP contribution in [0.4, 0.5) is 8.78 Å². The van der Waals surface area contributed by atoms with Crippen LogP contribution >= 0.6 is 0 Å². The highest BCUT2D eigenvalue weighted by atomic mass is 19.1. The van der Waals surface area contributed by atoms with Crippen LogP contribution < -0.4 is 0 Å². The Kier molecular flexibility index (Phi) is 5.97. The number of carbonyl (C=O) groups is 1. The summed E-state index contributed by atoms with van der Waals surface area (Å²) in [5.74, 6) is 0.0757. The molecule has 1 amide bonds. The largest absolute Gasteiger partial charge is 0.381 e. The van der Waals surface area contributed by atoms with Crippen molar-refractivity contribution in [2.24, 2.45) is 11.8 Å². The molecule has 2 bridgehead atoms. The Morgan fingerprint density at radius 1 is 1.14 bits per heavy atom. The maximum atomic E-state index is 13.8. The zero-order valence-electron chi connectivity index (χ0n) is 16.6. The smallest absolute Gasteiger partial charge is 0.224 e. The number of likely N-dealkylation sites (tertiary alicyclic amines) is 1. The second kappa shape index (κ2) is 8.46. The van der Waals surface area contributed by atoms with Crippen molar-refractivity contribution in [3.05, 3.63) is 35.4 Å². The molecule has 3 saturated heterocycles. The van der Waals surface area contributed by atoms with E-state index in [1.165, 1.54) is 12.1 Å². The molecule has 3 heterocycles. The molecule has 1 aromatic rings. The standard InChI is InChI=1S/C22H30F2N2O2/c1-2-28-7-6-22(27)25-12-15-8-17(14-25)21-5-3-4-20(26(21)13-15)16-9-18(23)11-19(24)10-16/h9-11,15,17,20-21H,2-8,12-14H2,1H3/t15-,17+,20+,21-/m0/s1. The summed E-state index contributed by atoms with van der Waals surface area (Å²) in [6.07, 6.45) is 4.71. The van der Waals surface area contributed by atoms with Gasteiger partial charge in [-0.1, -0.05) is 0 Å². The average molecular weight is 392 g/mol. The van der Waals surface area contributed by atoms with E-state index in [9.17, 15) is 13.6 Å². The molecule has 3 aliphatic heterocycles. The van der Waals surface area contributed by atoms with Crippen LogP contribution in [0.25, 0.3) is 0 Å². The summed E-state index contributed by atoms with van der Waals surface area (Å²) < 4.78 is 32.9. The van der Waals surface area contributed by atoms with Crippen molar-refractivity contribution in [2.75, 3.05) is 32.8 Å². The van der Waals surface area contributed by atoms with Crippen molar-refractivity contribution < 1.29 is 18.3 Å². The molecule has 3 fully saturated rings. The van der Waals surface area contributed by atoms with Crippen molar-refractivity contribution in [1.29, 1.82) is 0 Å². The Balaban J connectivity index is 1.47. The maximum Gasteiger partial charge on any atom is 0.224 e. The molecule has 4 rings (SSSR count). The predicted molar refractivity (Wildman–Crippen MR) is 103 cm³/mol. The van der Waals surface area contributed by atoms with E-state index in [1.807, 2.05) is 11.8 Å². The summed E-state index contributed by atoms with van der Waals surface area (Å²) in [5, 5.41) is 0. The Morgan fingerprint density at radius 3 is 2.68 bits per heavy atom. The molecule has 0 saturated carbocycles. The first-order chi connectivity index (χ1) is 13.5. The van der Waals surface area contributed by atoms with Crippen molar-refractivity contribution >= 4 is 5.91 Å². The minimum absolute atomic E-state index is 0.0782. The van der Waals surface area contributed by atoms with Crippen LogP contribution in [0.1, 0.15) is 50.6 Å². The maximum absolute atomic E-state index is 13.8. The SMILES string of the molecule is CCOCCC(=O)N1C[C@@H]2C[C@H](C1)[C@@H]1CCC[C@H](c3cc(F)cc(F)c3)N1C2. The zero-order valence-corrected chi connectivity index (χ0v) is 16.6. The van der Waals surface area contributed by atoms with Crippen molar-refractivity contribution in [1.82, 2.24) is 9.80 Å². The molecule has 154 valence electrons. The lowest BCUT2D eigenvalue weighted by Gasteiger charge is -2.55. The van der Waals surface area contributed by atoms with E-state index >= 15 is 0 Å². The van der Waals surface area contributed by atoms with Crippen LogP contribution in [0.2, 0.25) is 0 Å². The lowest BCUT2D eigenvalue weighted by Crippen LogP contribution is -2.60. The number of ether oxygens (including phenoxy) is 1. The van der Waals surface area contributed by atoms with Gasteiger partial charge in [-0.3, -0.25) is 9.69 Å². The number of rotatable bonds is 5. The highest BCUT2D eigenvalue weighted by Gasteiger charge is 2.45. The molecule has 0 aromatic heterocycles. The van der Waals surface area contributed by atoms with E-state index in [2.05, 4.69) is 4.90 Å². The highest BCUT2D eigenvalue weighted by Crippen LogP contribution is 2.44. The molecule has 4 nitrogen and oxygen atoms in total. The van der Waals surface area contributed by atoms with Crippen molar-refractivity contribution in [3.8, 4) is 0 Å². The van der Waals surface area contributed by atoms with Gasteiger partial charge in [0.1, 0.15) is 11.6 Å². The minimum Gasteiger partial charge on any atom is -0.381 e. The van der Waals surface area contributed by atoms with Crippen molar-refractivity contribution in [3.63, 3.8) is 0 Å². The molecule has 3 aliphatic rings. The molecular weight excluding hydrogens is 362 g/mol. The van der Waals surface area contributed by atoms with Gasteiger partial charge >= 0.3 is 0 Å². The fourth-order valence-electron chi connectivity index (χ4n) is 5.60. The zero-order chi connectivity index (χ0) is 19.7. The van der Waals surface area contributed by atoms with Crippen LogP contribution in [0.5, 0.6) is 0 Å². The molecule has 6 heteroatoms. The number of fused-ring (bicyclic) bond motifs is 4. The fourth-order valence-corrected chi connectivity index (χ4v) is 5.60. The Hall–Kier alpha value is -1.53. The minimum atomic E-state index is -0.500. The number of benzene rings is 1. The molecule has 4 atom stereocenters. The number of amides is 1. The molecule has 0 unspecified atom stereocenters. The van der Waals surface area contributed by atoms with Gasteiger partial charge in [0.25, 0.3) is 0 Å². The number of hydrogen-bond acceptors (Lipinski definition) is 3. The third kappa shape index (κ3) is 4.08. The molecular formula is C22H30F2N2O2. The summed E-state index contributed by atoms with van der Waals surface area (Å²) in [5.41, 5.74) is 0.756. The quantitative estimate of drug-likeness (QED) is 0.716. The molecule has 28 heavy (non-hydrogen) atoms. The van der Waals surface area contributed by atoms with Gasteiger partial charge in [0, 0.05) is 44.4 Å². The number of piperidine rings is 3. The summed E-state index contributed by atoms with van der Waals surface area (Å²) >= 11 is 0. The topological polar surface area (TPSA) is 32.8 Å². The van der Waals surface area contributed by atoms with Crippen LogP contribution in [-0.2, 0) is 9.53 Å². The first kappa shape index (κ1) is 19.8. The molecule has 0 N–H and O–H groups in total. The van der Waals surface area contributed by atoms with Gasteiger partial charge in [0.05, 0.1) is 13.0 Å². The van der Waals surface area contributed by atoms with E-state index in [4.69, 9.17) is 4.74 Å². The number of carbonyl (C=O) groups excluding carboxylic acids is 1.